The van der Waals surface area contributed by atoms with Gasteiger partial charge in [-0.1, -0.05) is 32.0 Å². The van der Waals surface area contributed by atoms with Crippen LogP contribution in [0.15, 0.2) is 29.3 Å². The van der Waals surface area contributed by atoms with E-state index < -0.39 is 0 Å². The van der Waals surface area contributed by atoms with E-state index in [4.69, 9.17) is 5.73 Å². The molecule has 1 aliphatic heterocycles. The zero-order valence-electron chi connectivity index (χ0n) is 14.4. The molecule has 0 atom stereocenters. The van der Waals surface area contributed by atoms with Crippen molar-refractivity contribution >= 4 is 35.6 Å². The average molecular weight is 430 g/mol. The van der Waals surface area contributed by atoms with Crippen LogP contribution in [0.4, 0.5) is 5.69 Å². The van der Waals surface area contributed by atoms with Gasteiger partial charge in [-0.15, -0.1) is 24.0 Å². The Kier molecular flexibility index (Phi) is 9.36. The van der Waals surface area contributed by atoms with Crippen molar-refractivity contribution in [2.24, 2.45) is 16.6 Å². The Morgan fingerprint density at radius 1 is 1.22 bits per heavy atom. The van der Waals surface area contributed by atoms with Gasteiger partial charge >= 0.3 is 0 Å². The summed E-state index contributed by atoms with van der Waals surface area (Å²) < 4.78 is 0. The molecule has 0 bridgehead atoms. The Hall–Kier alpha value is -0.980. The second-order valence-corrected chi connectivity index (χ2v) is 6.49. The SMILES string of the molecule is CC(C)CCNC(N)=NCc1ccccc1N1CCCCC1.I. The number of nitrogens with one attached hydrogen (secondary N) is 1. The van der Waals surface area contributed by atoms with Gasteiger partial charge in [0.25, 0.3) is 0 Å². The van der Waals surface area contributed by atoms with Gasteiger partial charge in [-0.2, -0.15) is 0 Å². The zero-order chi connectivity index (χ0) is 15.8. The van der Waals surface area contributed by atoms with E-state index in [1.807, 2.05) is 0 Å². The number of hydrogen-bond acceptors (Lipinski definition) is 2. The number of rotatable bonds is 6. The molecule has 4 nitrogen and oxygen atoms in total. The Labute approximate surface area is 157 Å². The summed E-state index contributed by atoms with van der Waals surface area (Å²) in [6.45, 7) is 8.27. The molecule has 1 saturated heterocycles. The molecular formula is C18H31IN4. The fourth-order valence-corrected chi connectivity index (χ4v) is 2.80. The van der Waals surface area contributed by atoms with E-state index in [2.05, 4.69) is 53.3 Å². The molecule has 0 amide bonds. The fraction of sp³-hybridized carbons (Fsp3) is 0.611. The van der Waals surface area contributed by atoms with E-state index in [0.29, 0.717) is 18.4 Å². The summed E-state index contributed by atoms with van der Waals surface area (Å²) in [5, 5.41) is 3.20. The monoisotopic (exact) mass is 430 g/mol. The molecule has 1 aliphatic rings. The van der Waals surface area contributed by atoms with Crippen LogP contribution in [0.25, 0.3) is 0 Å². The lowest BCUT2D eigenvalue weighted by molar-refractivity contribution is 0.575. The number of guanidine groups is 1. The molecule has 23 heavy (non-hydrogen) atoms. The number of nitrogens with two attached hydrogens (primary N) is 1. The maximum absolute atomic E-state index is 5.96. The van der Waals surface area contributed by atoms with Gasteiger partial charge in [0, 0.05) is 25.3 Å². The number of hydrogen-bond donors (Lipinski definition) is 2. The zero-order valence-corrected chi connectivity index (χ0v) is 16.8. The summed E-state index contributed by atoms with van der Waals surface area (Å²) in [4.78, 5) is 6.99. The van der Waals surface area contributed by atoms with E-state index in [1.165, 1.54) is 30.5 Å². The summed E-state index contributed by atoms with van der Waals surface area (Å²) in [7, 11) is 0. The second kappa shape index (κ2) is 10.7. The highest BCUT2D eigenvalue weighted by atomic mass is 127. The summed E-state index contributed by atoms with van der Waals surface area (Å²) in [5.74, 6) is 1.23. The molecule has 1 aromatic rings. The van der Waals surface area contributed by atoms with Gasteiger partial charge in [0.1, 0.15) is 0 Å². The highest BCUT2D eigenvalue weighted by molar-refractivity contribution is 14.0. The molecule has 1 heterocycles. The first kappa shape index (κ1) is 20.1. The Balaban J connectivity index is 0.00000264. The minimum absolute atomic E-state index is 0. The molecule has 1 fully saturated rings. The summed E-state index contributed by atoms with van der Waals surface area (Å²) in [6.07, 6.45) is 5.04. The van der Waals surface area contributed by atoms with E-state index in [1.54, 1.807) is 0 Å². The quantitative estimate of drug-likeness (QED) is 0.411. The van der Waals surface area contributed by atoms with Crippen LogP contribution in [0, 0.1) is 5.92 Å². The predicted octanol–water partition coefficient (Wildman–Crippen LogP) is 3.75. The normalized spacial score (nSPS) is 15.4. The number of piperidine rings is 1. The summed E-state index contributed by atoms with van der Waals surface area (Å²) >= 11 is 0. The van der Waals surface area contributed by atoms with E-state index in [0.717, 1.165) is 26.1 Å². The van der Waals surface area contributed by atoms with Crippen molar-refractivity contribution in [2.45, 2.75) is 46.1 Å². The average Bonchev–Trinajstić information content (AvgIpc) is 2.54. The van der Waals surface area contributed by atoms with Crippen LogP contribution in [0.2, 0.25) is 0 Å². The molecule has 0 radical (unpaired) electrons. The van der Waals surface area contributed by atoms with Gasteiger partial charge in [0.2, 0.25) is 0 Å². The molecule has 5 heteroatoms. The molecular weight excluding hydrogens is 399 g/mol. The third-order valence-electron chi connectivity index (χ3n) is 4.14. The smallest absolute Gasteiger partial charge is 0.188 e. The Bertz CT molecular complexity index is 482. The minimum Gasteiger partial charge on any atom is -0.371 e. The van der Waals surface area contributed by atoms with Crippen molar-refractivity contribution in [3.05, 3.63) is 29.8 Å². The van der Waals surface area contributed by atoms with Crippen LogP contribution < -0.4 is 16.0 Å². The number of halogens is 1. The lowest BCUT2D eigenvalue weighted by atomic mass is 10.1. The molecule has 0 unspecified atom stereocenters. The van der Waals surface area contributed by atoms with Crippen LogP contribution in [0.1, 0.15) is 45.1 Å². The molecule has 3 N–H and O–H groups in total. The molecule has 0 spiro atoms. The second-order valence-electron chi connectivity index (χ2n) is 6.49. The van der Waals surface area contributed by atoms with Crippen LogP contribution in [0.3, 0.4) is 0 Å². The maximum Gasteiger partial charge on any atom is 0.188 e. The van der Waals surface area contributed by atoms with Crippen LogP contribution in [-0.4, -0.2) is 25.6 Å². The van der Waals surface area contributed by atoms with Crippen LogP contribution in [0.5, 0.6) is 0 Å². The molecule has 0 aliphatic carbocycles. The highest BCUT2D eigenvalue weighted by Gasteiger charge is 2.13. The number of para-hydroxylation sites is 1. The largest absolute Gasteiger partial charge is 0.371 e. The first-order valence-electron chi connectivity index (χ1n) is 8.53. The number of aliphatic imine (C=N–C) groups is 1. The van der Waals surface area contributed by atoms with Crippen molar-refractivity contribution in [1.29, 1.82) is 0 Å². The van der Waals surface area contributed by atoms with E-state index in [9.17, 15) is 0 Å². The summed E-state index contributed by atoms with van der Waals surface area (Å²) in [5.41, 5.74) is 8.54. The first-order valence-corrected chi connectivity index (χ1v) is 8.53. The number of benzene rings is 1. The van der Waals surface area contributed by atoms with Gasteiger partial charge in [-0.3, -0.25) is 0 Å². The molecule has 0 aromatic heterocycles. The topological polar surface area (TPSA) is 53.6 Å². The molecule has 2 rings (SSSR count). The molecule has 0 saturated carbocycles. The van der Waals surface area contributed by atoms with Crippen molar-refractivity contribution < 1.29 is 0 Å². The number of anilines is 1. The van der Waals surface area contributed by atoms with Gasteiger partial charge in [-0.25, -0.2) is 4.99 Å². The van der Waals surface area contributed by atoms with Gasteiger partial charge in [-0.05, 0) is 43.2 Å². The fourth-order valence-electron chi connectivity index (χ4n) is 2.80. The predicted molar refractivity (Wildman–Crippen MR) is 111 cm³/mol. The highest BCUT2D eigenvalue weighted by Crippen LogP contribution is 2.24. The minimum atomic E-state index is 0. The Morgan fingerprint density at radius 3 is 2.61 bits per heavy atom. The Morgan fingerprint density at radius 2 is 1.91 bits per heavy atom. The van der Waals surface area contributed by atoms with Gasteiger partial charge in [0.05, 0.1) is 6.54 Å². The van der Waals surface area contributed by atoms with Gasteiger partial charge < -0.3 is 16.0 Å². The van der Waals surface area contributed by atoms with Crippen LogP contribution >= 0.6 is 24.0 Å². The van der Waals surface area contributed by atoms with Crippen molar-refractivity contribution in [3.8, 4) is 0 Å². The van der Waals surface area contributed by atoms with Gasteiger partial charge in [0.15, 0.2) is 5.96 Å². The lowest BCUT2D eigenvalue weighted by Gasteiger charge is -2.30. The molecule has 130 valence electrons. The lowest BCUT2D eigenvalue weighted by Crippen LogP contribution is -2.33. The van der Waals surface area contributed by atoms with Crippen molar-refractivity contribution in [2.75, 3.05) is 24.5 Å². The number of nitrogens with zero attached hydrogens (tertiary/aromatic N) is 2. The van der Waals surface area contributed by atoms with E-state index in [-0.39, 0.29) is 24.0 Å². The first-order chi connectivity index (χ1) is 10.7. The third-order valence-corrected chi connectivity index (χ3v) is 4.14. The maximum atomic E-state index is 5.96. The molecule has 1 aromatic carbocycles. The van der Waals surface area contributed by atoms with Crippen molar-refractivity contribution in [3.63, 3.8) is 0 Å². The standard InChI is InChI=1S/C18H30N4.HI/c1-15(2)10-11-20-18(19)21-14-16-8-4-5-9-17(16)22-12-6-3-7-13-22;/h4-5,8-9,15H,3,6-7,10-14H2,1-2H3,(H3,19,20,21);1H. The van der Waals surface area contributed by atoms with E-state index >= 15 is 0 Å². The summed E-state index contributed by atoms with van der Waals surface area (Å²) in [6, 6.07) is 8.56. The van der Waals surface area contributed by atoms with Crippen molar-refractivity contribution in [1.82, 2.24) is 5.32 Å². The van der Waals surface area contributed by atoms with Crippen LogP contribution in [-0.2, 0) is 6.54 Å². The third kappa shape index (κ3) is 6.97.